The predicted octanol–water partition coefficient (Wildman–Crippen LogP) is 5.16. The number of rotatable bonds is 5. The molecule has 0 saturated carbocycles. The van der Waals surface area contributed by atoms with Crippen molar-refractivity contribution in [2.45, 2.75) is 39.5 Å². The number of hydrogen-bond acceptors (Lipinski definition) is 2. The lowest BCUT2D eigenvalue weighted by Gasteiger charge is -2.25. The number of benzene rings is 2. The van der Waals surface area contributed by atoms with Crippen molar-refractivity contribution in [3.8, 4) is 0 Å². The molecule has 1 saturated heterocycles. The highest BCUT2D eigenvalue weighted by Crippen LogP contribution is 2.40. The number of hydrogen-bond donors (Lipinski definition) is 0. The van der Waals surface area contributed by atoms with Gasteiger partial charge in [-0.05, 0) is 32.9 Å². The van der Waals surface area contributed by atoms with Crippen LogP contribution in [0.5, 0.6) is 0 Å². The molecule has 2 aliphatic heterocycles. The van der Waals surface area contributed by atoms with Gasteiger partial charge in [0.05, 0.1) is 5.41 Å². The van der Waals surface area contributed by atoms with Gasteiger partial charge in [-0.3, -0.25) is 0 Å². The van der Waals surface area contributed by atoms with Crippen LogP contribution in [0.3, 0.4) is 0 Å². The molecule has 0 radical (unpaired) electrons. The second kappa shape index (κ2) is 7.46. The summed E-state index contributed by atoms with van der Waals surface area (Å²) in [5.41, 5.74) is 5.49. The predicted molar refractivity (Wildman–Crippen MR) is 119 cm³/mol. The highest BCUT2D eigenvalue weighted by Gasteiger charge is 2.45. The maximum absolute atomic E-state index is 2.54. The van der Waals surface area contributed by atoms with Gasteiger partial charge in [0.15, 0.2) is 5.71 Å². The van der Waals surface area contributed by atoms with Gasteiger partial charge in [-0.25, -0.2) is 0 Å². The molecule has 0 atom stereocenters. The van der Waals surface area contributed by atoms with Crippen molar-refractivity contribution < 1.29 is 4.58 Å². The first-order valence-corrected chi connectivity index (χ1v) is 10.6. The first-order valence-electron chi connectivity index (χ1n) is 10.6. The minimum Gasteiger partial charge on any atom is -0.356 e. The number of allylic oxidation sites excluding steroid dienone is 1. The quantitative estimate of drug-likeness (QED) is 0.669. The summed E-state index contributed by atoms with van der Waals surface area (Å²) in [5, 5.41) is 0. The normalized spacial score (nSPS) is 19.6. The summed E-state index contributed by atoms with van der Waals surface area (Å²) in [6, 6.07) is 19.7. The van der Waals surface area contributed by atoms with E-state index in [1.165, 1.54) is 28.5 Å². The van der Waals surface area contributed by atoms with Crippen molar-refractivity contribution in [3.63, 3.8) is 0 Å². The zero-order valence-electron chi connectivity index (χ0n) is 17.7. The smallest absolute Gasteiger partial charge is 0.209 e. The highest BCUT2D eigenvalue weighted by atomic mass is 15.4. The van der Waals surface area contributed by atoms with E-state index in [4.69, 9.17) is 0 Å². The third-order valence-corrected chi connectivity index (χ3v) is 6.16. The molecular formula is C25H32N3+. The van der Waals surface area contributed by atoms with Crippen molar-refractivity contribution in [3.05, 3.63) is 72.1 Å². The van der Waals surface area contributed by atoms with E-state index < -0.39 is 0 Å². The number of anilines is 1. The molecule has 0 aromatic heterocycles. The third kappa shape index (κ3) is 3.03. The van der Waals surface area contributed by atoms with Gasteiger partial charge in [0.2, 0.25) is 5.69 Å². The lowest BCUT2D eigenvalue weighted by atomic mass is 9.81. The first kappa shape index (κ1) is 18.8. The molecule has 28 heavy (non-hydrogen) atoms. The molecule has 0 N–H and O–H groups in total. The van der Waals surface area contributed by atoms with E-state index in [2.05, 4.69) is 103 Å². The van der Waals surface area contributed by atoms with Gasteiger partial charge in [-0.2, -0.15) is 4.58 Å². The molecule has 0 aliphatic carbocycles. The van der Waals surface area contributed by atoms with Crippen LogP contribution < -0.4 is 4.90 Å². The van der Waals surface area contributed by atoms with E-state index >= 15 is 0 Å². The van der Waals surface area contributed by atoms with Gasteiger partial charge in [0.25, 0.3) is 0 Å². The fourth-order valence-electron chi connectivity index (χ4n) is 4.67. The summed E-state index contributed by atoms with van der Waals surface area (Å²) in [6.07, 6.45) is 3.59. The Labute approximate surface area is 169 Å². The Hall–Kier alpha value is -2.55. The van der Waals surface area contributed by atoms with Crippen LogP contribution in [-0.4, -0.2) is 41.4 Å². The monoisotopic (exact) mass is 374 g/mol. The summed E-state index contributed by atoms with van der Waals surface area (Å²) in [6.45, 7) is 13.5. The summed E-state index contributed by atoms with van der Waals surface area (Å²) < 4.78 is 2.54. The molecule has 3 heteroatoms. The number of fused-ring (bicyclic) bond motifs is 1. The molecular weight excluding hydrogens is 342 g/mol. The molecule has 4 rings (SSSR count). The second-order valence-corrected chi connectivity index (χ2v) is 8.25. The maximum Gasteiger partial charge on any atom is 0.209 e. The average Bonchev–Trinajstić information content (AvgIpc) is 3.22. The van der Waals surface area contributed by atoms with Crippen LogP contribution in [0.2, 0.25) is 0 Å². The van der Waals surface area contributed by atoms with Gasteiger partial charge in [-0.15, -0.1) is 0 Å². The second-order valence-electron chi connectivity index (χ2n) is 8.25. The molecule has 0 amide bonds. The Morgan fingerprint density at radius 2 is 1.68 bits per heavy atom. The van der Waals surface area contributed by atoms with Crippen LogP contribution in [0, 0.1) is 0 Å². The van der Waals surface area contributed by atoms with Crippen LogP contribution in [0.4, 0.5) is 11.4 Å². The van der Waals surface area contributed by atoms with Crippen molar-refractivity contribution in [1.29, 1.82) is 0 Å². The van der Waals surface area contributed by atoms with Crippen LogP contribution in [-0.2, 0) is 5.41 Å². The molecule has 146 valence electrons. The van der Waals surface area contributed by atoms with Gasteiger partial charge in [-0.1, -0.05) is 43.3 Å². The summed E-state index contributed by atoms with van der Waals surface area (Å²) in [4.78, 5) is 4.98. The van der Waals surface area contributed by atoms with E-state index in [0.29, 0.717) is 0 Å². The van der Waals surface area contributed by atoms with Crippen LogP contribution in [0.1, 0.15) is 39.7 Å². The molecule has 2 aromatic rings. The average molecular weight is 375 g/mol. The Morgan fingerprint density at radius 1 is 0.964 bits per heavy atom. The first-order chi connectivity index (χ1) is 13.6. The van der Waals surface area contributed by atoms with Gasteiger partial charge < -0.3 is 9.80 Å². The molecule has 0 bridgehead atoms. The lowest BCUT2D eigenvalue weighted by Crippen LogP contribution is -2.31. The Balaban J connectivity index is 1.85. The largest absolute Gasteiger partial charge is 0.356 e. The zero-order valence-corrected chi connectivity index (χ0v) is 17.7. The van der Waals surface area contributed by atoms with Crippen LogP contribution in [0.15, 0.2) is 66.5 Å². The zero-order chi connectivity index (χ0) is 19.7. The minimum absolute atomic E-state index is 0.00310. The van der Waals surface area contributed by atoms with Crippen molar-refractivity contribution in [2.24, 2.45) is 0 Å². The molecule has 1 fully saturated rings. The third-order valence-electron chi connectivity index (χ3n) is 6.16. The number of likely N-dealkylation sites (N-methyl/N-ethyl adjacent to an activating group) is 1. The van der Waals surface area contributed by atoms with Gasteiger partial charge >= 0.3 is 0 Å². The van der Waals surface area contributed by atoms with Gasteiger partial charge in [0.1, 0.15) is 12.4 Å². The molecule has 2 aromatic carbocycles. The van der Waals surface area contributed by atoms with Crippen molar-refractivity contribution in [1.82, 2.24) is 4.90 Å². The van der Waals surface area contributed by atoms with E-state index in [0.717, 1.165) is 32.6 Å². The Morgan fingerprint density at radius 3 is 2.39 bits per heavy atom. The topological polar surface area (TPSA) is 9.49 Å². The summed E-state index contributed by atoms with van der Waals surface area (Å²) in [5.74, 6) is 1.32. The molecule has 2 aliphatic rings. The number of nitrogens with zero attached hydrogens (tertiary/aromatic N) is 3. The Bertz CT molecular complexity index is 908. The van der Waals surface area contributed by atoms with Crippen molar-refractivity contribution >= 4 is 17.1 Å². The molecule has 2 heterocycles. The maximum atomic E-state index is 2.54. The SMILES string of the molecule is CCC[N+]1=C(/C=C2/N(CC)CCN2c2ccccc2)C(C)(C)c2ccccc21. The number of para-hydroxylation sites is 2. The molecule has 0 spiro atoms. The van der Waals surface area contributed by atoms with E-state index in [-0.39, 0.29) is 5.41 Å². The fraction of sp³-hybridized carbons (Fsp3) is 0.400. The summed E-state index contributed by atoms with van der Waals surface area (Å²) >= 11 is 0. The molecule has 3 nitrogen and oxygen atoms in total. The van der Waals surface area contributed by atoms with Crippen molar-refractivity contribution in [2.75, 3.05) is 31.1 Å². The van der Waals surface area contributed by atoms with E-state index in [9.17, 15) is 0 Å². The molecule has 0 unspecified atom stereocenters. The van der Waals surface area contributed by atoms with Crippen LogP contribution >= 0.6 is 0 Å². The lowest BCUT2D eigenvalue weighted by molar-refractivity contribution is -0.437. The Kier molecular flexibility index (Phi) is 5.01. The minimum atomic E-state index is 0.00310. The fourth-order valence-corrected chi connectivity index (χ4v) is 4.67. The van der Waals surface area contributed by atoms with Gasteiger partial charge in [0, 0.05) is 49.4 Å². The standard InChI is InChI=1S/C25H32N3/c1-5-16-28-22-15-11-10-14-21(22)25(3,4)23(28)19-24-26(6-2)17-18-27(24)20-12-8-7-9-13-20/h7-15,19H,5-6,16-18H2,1-4H3/q+1. The summed E-state index contributed by atoms with van der Waals surface area (Å²) in [7, 11) is 0. The van der Waals surface area contributed by atoms with E-state index in [1.807, 2.05) is 0 Å². The van der Waals surface area contributed by atoms with Crippen LogP contribution in [0.25, 0.3) is 0 Å². The van der Waals surface area contributed by atoms with E-state index in [1.54, 1.807) is 0 Å². The highest BCUT2D eigenvalue weighted by molar-refractivity contribution is 6.03.